The fourth-order valence-electron chi connectivity index (χ4n) is 2.56. The maximum Gasteiger partial charge on any atom is 0.222 e. The van der Waals surface area contributed by atoms with Gasteiger partial charge in [-0.2, -0.15) is 0 Å². The zero-order valence-electron chi connectivity index (χ0n) is 12.0. The molecule has 0 radical (unpaired) electrons. The summed E-state index contributed by atoms with van der Waals surface area (Å²) in [6, 6.07) is 10.5. The van der Waals surface area contributed by atoms with Gasteiger partial charge in [0.1, 0.15) is 0 Å². The van der Waals surface area contributed by atoms with Crippen LogP contribution in [0, 0.1) is 0 Å². The Bertz CT molecular complexity index is 567. The molecule has 0 saturated carbocycles. The van der Waals surface area contributed by atoms with E-state index in [1.807, 2.05) is 30.9 Å². The molecule has 0 spiro atoms. The first-order valence-corrected chi connectivity index (χ1v) is 6.98. The topological polar surface area (TPSA) is 25.2 Å². The summed E-state index contributed by atoms with van der Waals surface area (Å²) < 4.78 is 2.19. The number of hydrogen-bond acceptors (Lipinski definition) is 1. The summed E-state index contributed by atoms with van der Waals surface area (Å²) in [5, 5.41) is 1.25. The van der Waals surface area contributed by atoms with Gasteiger partial charge in [-0.25, -0.2) is 0 Å². The van der Waals surface area contributed by atoms with Crippen LogP contribution in [0.15, 0.2) is 30.3 Å². The molecule has 0 unspecified atom stereocenters. The van der Waals surface area contributed by atoms with E-state index in [9.17, 15) is 4.79 Å². The highest BCUT2D eigenvalue weighted by atomic mass is 16.2. The van der Waals surface area contributed by atoms with Crippen molar-refractivity contribution < 1.29 is 4.79 Å². The molecule has 0 aliphatic rings. The Hall–Kier alpha value is -1.77. The van der Waals surface area contributed by atoms with Crippen molar-refractivity contribution in [2.75, 3.05) is 13.1 Å². The van der Waals surface area contributed by atoms with E-state index in [0.29, 0.717) is 6.42 Å². The SMILES string of the molecule is CCN(CC)C(=O)CCc1cc2ccccc2n1C. The molecule has 0 fully saturated rings. The number of carbonyl (C=O) groups excluding carboxylic acids is 1. The number of hydrogen-bond donors (Lipinski definition) is 0. The lowest BCUT2D eigenvalue weighted by molar-refractivity contribution is -0.130. The molecule has 1 aromatic carbocycles. The van der Waals surface area contributed by atoms with Crippen LogP contribution in [0.5, 0.6) is 0 Å². The van der Waals surface area contributed by atoms with Gasteiger partial charge in [0.2, 0.25) is 5.91 Å². The average molecular weight is 258 g/mol. The Morgan fingerprint density at radius 1 is 1.21 bits per heavy atom. The third kappa shape index (κ3) is 2.80. The molecule has 3 heteroatoms. The minimum absolute atomic E-state index is 0.246. The smallest absolute Gasteiger partial charge is 0.222 e. The van der Waals surface area contributed by atoms with E-state index in [1.165, 1.54) is 16.6 Å². The lowest BCUT2D eigenvalue weighted by Gasteiger charge is -2.18. The molecule has 0 N–H and O–H groups in total. The number of fused-ring (bicyclic) bond motifs is 1. The molecule has 0 aliphatic heterocycles. The number of aromatic nitrogens is 1. The summed E-state index contributed by atoms with van der Waals surface area (Å²) in [6.07, 6.45) is 1.40. The highest BCUT2D eigenvalue weighted by molar-refractivity contribution is 5.81. The first-order chi connectivity index (χ1) is 9.17. The number of amides is 1. The van der Waals surface area contributed by atoms with Gasteiger partial charge in [-0.15, -0.1) is 0 Å². The van der Waals surface area contributed by atoms with Crippen LogP contribution in [0.2, 0.25) is 0 Å². The van der Waals surface area contributed by atoms with E-state index in [4.69, 9.17) is 0 Å². The molecular formula is C16H22N2O. The molecule has 3 nitrogen and oxygen atoms in total. The molecule has 1 aromatic heterocycles. The van der Waals surface area contributed by atoms with E-state index in [1.54, 1.807) is 0 Å². The molecule has 0 aliphatic carbocycles. The summed E-state index contributed by atoms with van der Waals surface area (Å²) in [4.78, 5) is 13.9. The van der Waals surface area contributed by atoms with Gasteiger partial charge in [0, 0.05) is 37.8 Å². The molecule has 0 atom stereocenters. The zero-order chi connectivity index (χ0) is 13.8. The van der Waals surface area contributed by atoms with E-state index < -0.39 is 0 Å². The standard InChI is InChI=1S/C16H22N2O/c1-4-18(5-2)16(19)11-10-14-12-13-8-6-7-9-15(13)17(14)3/h6-9,12H,4-5,10-11H2,1-3H3. The fourth-order valence-corrected chi connectivity index (χ4v) is 2.56. The first-order valence-electron chi connectivity index (χ1n) is 6.98. The van der Waals surface area contributed by atoms with Gasteiger partial charge in [0.05, 0.1) is 0 Å². The third-order valence-corrected chi connectivity index (χ3v) is 3.76. The van der Waals surface area contributed by atoms with Crippen LogP contribution in [-0.4, -0.2) is 28.5 Å². The normalized spacial score (nSPS) is 10.9. The summed E-state index contributed by atoms with van der Waals surface area (Å²) in [7, 11) is 2.07. The second-order valence-electron chi connectivity index (χ2n) is 4.82. The molecule has 2 aromatic rings. The van der Waals surface area contributed by atoms with E-state index in [2.05, 4.69) is 29.8 Å². The van der Waals surface area contributed by atoms with Gasteiger partial charge in [-0.3, -0.25) is 4.79 Å². The van der Waals surface area contributed by atoms with Gasteiger partial charge in [-0.05, 0) is 37.8 Å². The van der Waals surface area contributed by atoms with Crippen LogP contribution in [0.1, 0.15) is 26.0 Å². The van der Waals surface area contributed by atoms with Crippen molar-refractivity contribution in [2.24, 2.45) is 7.05 Å². The zero-order valence-corrected chi connectivity index (χ0v) is 12.0. The Morgan fingerprint density at radius 3 is 2.53 bits per heavy atom. The highest BCUT2D eigenvalue weighted by Gasteiger charge is 2.11. The highest BCUT2D eigenvalue weighted by Crippen LogP contribution is 2.19. The number of nitrogens with zero attached hydrogens (tertiary/aromatic N) is 2. The number of para-hydroxylation sites is 1. The number of aryl methyl sites for hydroxylation is 2. The molecule has 2 rings (SSSR count). The fraction of sp³-hybridized carbons (Fsp3) is 0.438. The summed E-state index contributed by atoms with van der Waals surface area (Å²) in [5.74, 6) is 0.246. The van der Waals surface area contributed by atoms with Crippen LogP contribution in [0.3, 0.4) is 0 Å². The lowest BCUT2D eigenvalue weighted by atomic mass is 10.2. The predicted molar refractivity (Wildman–Crippen MR) is 79.2 cm³/mol. The van der Waals surface area contributed by atoms with Crippen molar-refractivity contribution in [1.82, 2.24) is 9.47 Å². The molecular weight excluding hydrogens is 236 g/mol. The van der Waals surface area contributed by atoms with Crippen LogP contribution in [0.4, 0.5) is 0 Å². The van der Waals surface area contributed by atoms with E-state index >= 15 is 0 Å². The Morgan fingerprint density at radius 2 is 1.89 bits per heavy atom. The Balaban J connectivity index is 2.10. The average Bonchev–Trinajstić information content (AvgIpc) is 2.75. The van der Waals surface area contributed by atoms with Crippen molar-refractivity contribution in [2.45, 2.75) is 26.7 Å². The third-order valence-electron chi connectivity index (χ3n) is 3.76. The molecule has 1 amide bonds. The maximum atomic E-state index is 12.0. The predicted octanol–water partition coefficient (Wildman–Crippen LogP) is 2.98. The van der Waals surface area contributed by atoms with Gasteiger partial charge < -0.3 is 9.47 Å². The number of rotatable bonds is 5. The van der Waals surface area contributed by atoms with Gasteiger partial charge in [-0.1, -0.05) is 18.2 Å². The second kappa shape index (κ2) is 5.91. The first kappa shape index (κ1) is 13.7. The van der Waals surface area contributed by atoms with Crippen molar-refractivity contribution in [1.29, 1.82) is 0 Å². The lowest BCUT2D eigenvalue weighted by Crippen LogP contribution is -2.30. The van der Waals surface area contributed by atoms with Crippen molar-refractivity contribution in [3.8, 4) is 0 Å². The summed E-state index contributed by atoms with van der Waals surface area (Å²) >= 11 is 0. The van der Waals surface area contributed by atoms with Gasteiger partial charge >= 0.3 is 0 Å². The quantitative estimate of drug-likeness (QED) is 0.809. The van der Waals surface area contributed by atoms with E-state index in [-0.39, 0.29) is 5.91 Å². The van der Waals surface area contributed by atoms with Crippen molar-refractivity contribution in [3.63, 3.8) is 0 Å². The largest absolute Gasteiger partial charge is 0.348 e. The molecule has 102 valence electrons. The van der Waals surface area contributed by atoms with Crippen molar-refractivity contribution in [3.05, 3.63) is 36.0 Å². The summed E-state index contributed by atoms with van der Waals surface area (Å²) in [5.41, 5.74) is 2.45. The monoisotopic (exact) mass is 258 g/mol. The van der Waals surface area contributed by atoms with Gasteiger partial charge in [0.25, 0.3) is 0 Å². The van der Waals surface area contributed by atoms with Crippen LogP contribution >= 0.6 is 0 Å². The Kier molecular flexibility index (Phi) is 4.25. The number of carbonyl (C=O) groups is 1. The molecule has 0 bridgehead atoms. The van der Waals surface area contributed by atoms with Crippen LogP contribution in [-0.2, 0) is 18.3 Å². The minimum atomic E-state index is 0.246. The van der Waals surface area contributed by atoms with Gasteiger partial charge in [0.15, 0.2) is 0 Å². The maximum absolute atomic E-state index is 12.0. The number of benzene rings is 1. The minimum Gasteiger partial charge on any atom is -0.348 e. The molecule has 0 saturated heterocycles. The van der Waals surface area contributed by atoms with Crippen LogP contribution < -0.4 is 0 Å². The molecule has 1 heterocycles. The summed E-state index contributed by atoms with van der Waals surface area (Å²) in [6.45, 7) is 5.64. The molecule has 19 heavy (non-hydrogen) atoms. The second-order valence-corrected chi connectivity index (χ2v) is 4.82. The van der Waals surface area contributed by atoms with Crippen LogP contribution in [0.25, 0.3) is 10.9 Å². The van der Waals surface area contributed by atoms with E-state index in [0.717, 1.165) is 19.5 Å². The Labute approximate surface area is 114 Å². The van der Waals surface area contributed by atoms with Crippen molar-refractivity contribution >= 4 is 16.8 Å².